The van der Waals surface area contributed by atoms with Crippen LogP contribution in [0, 0.1) is 0 Å². The normalized spacial score (nSPS) is 12.7. The minimum Gasteiger partial charge on any atom is -0.462 e. The van der Waals surface area contributed by atoms with Crippen LogP contribution in [0.25, 0.3) is 0 Å². The average molecular weight is 877 g/mol. The van der Waals surface area contributed by atoms with Gasteiger partial charge in [-0.3, -0.25) is 14.4 Å². The van der Waals surface area contributed by atoms with Crippen molar-refractivity contribution in [3.05, 3.63) is 85.1 Å². The highest BCUT2D eigenvalue weighted by molar-refractivity contribution is 5.71. The Kier molecular flexibility index (Phi) is 48.5. The molecule has 0 aromatic heterocycles. The van der Waals surface area contributed by atoms with Crippen molar-refractivity contribution in [1.29, 1.82) is 0 Å². The third-order valence-electron chi connectivity index (χ3n) is 10.9. The van der Waals surface area contributed by atoms with Gasteiger partial charge in [0.2, 0.25) is 0 Å². The van der Waals surface area contributed by atoms with Gasteiger partial charge in [0.15, 0.2) is 6.10 Å². The standard InChI is InChI=1S/C57H96O6/c1-4-7-10-13-16-19-22-25-27-29-31-32-35-38-41-44-47-50-56(59)62-53-54(52-61-55(58)49-46-43-40-37-34-24-21-18-15-12-9-6-3)63-57(60)51-48-45-42-39-36-33-30-28-26-23-20-17-14-11-8-5-2/h8-9,11-12,16-21,25-28,54H,4-7,10,13-15,22-24,29-53H2,1-3H3/b11-8-,12-9-,19-16-,20-17-,21-18-,27-25-,28-26-. The summed E-state index contributed by atoms with van der Waals surface area (Å²) in [7, 11) is 0. The first-order chi connectivity index (χ1) is 31.0. The van der Waals surface area contributed by atoms with Crippen molar-refractivity contribution < 1.29 is 28.6 Å². The molecule has 0 aromatic carbocycles. The molecule has 0 saturated heterocycles. The zero-order valence-electron chi connectivity index (χ0n) is 41.1. The van der Waals surface area contributed by atoms with Crippen molar-refractivity contribution >= 4 is 17.9 Å². The van der Waals surface area contributed by atoms with Crippen LogP contribution in [0.1, 0.15) is 239 Å². The molecule has 6 heteroatoms. The Morgan fingerprint density at radius 1 is 0.333 bits per heavy atom. The lowest BCUT2D eigenvalue weighted by Crippen LogP contribution is -2.30. The van der Waals surface area contributed by atoms with Gasteiger partial charge in [-0.25, -0.2) is 0 Å². The molecule has 0 N–H and O–H groups in total. The third-order valence-corrected chi connectivity index (χ3v) is 10.9. The first-order valence-corrected chi connectivity index (χ1v) is 26.1. The lowest BCUT2D eigenvalue weighted by molar-refractivity contribution is -0.167. The van der Waals surface area contributed by atoms with Crippen LogP contribution in [0.2, 0.25) is 0 Å². The lowest BCUT2D eigenvalue weighted by atomic mass is 10.1. The molecule has 0 radical (unpaired) electrons. The van der Waals surface area contributed by atoms with Crippen molar-refractivity contribution in [2.75, 3.05) is 13.2 Å². The Balaban J connectivity index is 4.42. The van der Waals surface area contributed by atoms with Gasteiger partial charge in [-0.1, -0.05) is 196 Å². The number of rotatable bonds is 46. The molecule has 63 heavy (non-hydrogen) atoms. The van der Waals surface area contributed by atoms with E-state index in [-0.39, 0.29) is 31.1 Å². The summed E-state index contributed by atoms with van der Waals surface area (Å²) in [5, 5.41) is 0. The maximum absolute atomic E-state index is 12.8. The summed E-state index contributed by atoms with van der Waals surface area (Å²) in [4.78, 5) is 38.0. The van der Waals surface area contributed by atoms with Crippen molar-refractivity contribution in [1.82, 2.24) is 0 Å². The molecule has 0 amide bonds. The molecular weight excluding hydrogens is 781 g/mol. The second-order valence-corrected chi connectivity index (χ2v) is 17.0. The van der Waals surface area contributed by atoms with E-state index in [9.17, 15) is 14.4 Å². The fraction of sp³-hybridized carbons (Fsp3) is 0.702. The van der Waals surface area contributed by atoms with Crippen LogP contribution >= 0.6 is 0 Å². The Labute approximate surface area is 388 Å². The van der Waals surface area contributed by atoms with Gasteiger partial charge in [0.25, 0.3) is 0 Å². The Hall–Kier alpha value is -3.41. The zero-order valence-corrected chi connectivity index (χ0v) is 41.1. The number of allylic oxidation sites excluding steroid dienone is 14. The van der Waals surface area contributed by atoms with Crippen LogP contribution in [0.5, 0.6) is 0 Å². The van der Waals surface area contributed by atoms with Crippen molar-refractivity contribution in [2.45, 2.75) is 245 Å². The molecule has 0 heterocycles. The van der Waals surface area contributed by atoms with E-state index in [0.29, 0.717) is 19.3 Å². The predicted molar refractivity (Wildman–Crippen MR) is 270 cm³/mol. The van der Waals surface area contributed by atoms with Crippen LogP contribution in [-0.4, -0.2) is 37.2 Å². The number of carbonyl (C=O) groups is 3. The Bertz CT molecular complexity index is 1240. The summed E-state index contributed by atoms with van der Waals surface area (Å²) in [5.41, 5.74) is 0. The van der Waals surface area contributed by atoms with E-state index in [2.05, 4.69) is 106 Å². The van der Waals surface area contributed by atoms with Crippen molar-refractivity contribution in [2.24, 2.45) is 0 Å². The van der Waals surface area contributed by atoms with Gasteiger partial charge in [-0.15, -0.1) is 0 Å². The van der Waals surface area contributed by atoms with Gasteiger partial charge >= 0.3 is 17.9 Å². The molecule has 1 atom stereocenters. The van der Waals surface area contributed by atoms with Crippen LogP contribution in [0.15, 0.2) is 85.1 Å². The second kappa shape index (κ2) is 51.2. The molecule has 0 aliphatic rings. The molecule has 0 aliphatic heterocycles. The summed E-state index contributed by atoms with van der Waals surface area (Å²) in [5.74, 6) is -0.927. The fourth-order valence-corrected chi connectivity index (χ4v) is 6.99. The Morgan fingerprint density at radius 3 is 0.968 bits per heavy atom. The number of unbranched alkanes of at least 4 members (excludes halogenated alkanes) is 21. The summed E-state index contributed by atoms with van der Waals surface area (Å²) in [6.45, 7) is 6.36. The van der Waals surface area contributed by atoms with Gasteiger partial charge in [0.1, 0.15) is 13.2 Å². The highest BCUT2D eigenvalue weighted by Crippen LogP contribution is 2.14. The van der Waals surface area contributed by atoms with Crippen LogP contribution in [-0.2, 0) is 28.6 Å². The topological polar surface area (TPSA) is 78.9 Å². The highest BCUT2D eigenvalue weighted by atomic mass is 16.6. The molecule has 0 aromatic rings. The van der Waals surface area contributed by atoms with Crippen LogP contribution in [0.3, 0.4) is 0 Å². The smallest absolute Gasteiger partial charge is 0.306 e. The lowest BCUT2D eigenvalue weighted by Gasteiger charge is -2.18. The first-order valence-electron chi connectivity index (χ1n) is 26.1. The second-order valence-electron chi connectivity index (χ2n) is 17.0. The largest absolute Gasteiger partial charge is 0.462 e. The maximum Gasteiger partial charge on any atom is 0.306 e. The minimum atomic E-state index is -0.792. The van der Waals surface area contributed by atoms with Crippen LogP contribution < -0.4 is 0 Å². The number of hydrogen-bond acceptors (Lipinski definition) is 6. The highest BCUT2D eigenvalue weighted by Gasteiger charge is 2.19. The predicted octanol–water partition coefficient (Wildman–Crippen LogP) is 17.2. The van der Waals surface area contributed by atoms with E-state index < -0.39 is 6.10 Å². The van der Waals surface area contributed by atoms with Gasteiger partial charge < -0.3 is 14.2 Å². The zero-order chi connectivity index (χ0) is 45.8. The van der Waals surface area contributed by atoms with Crippen LogP contribution in [0.4, 0.5) is 0 Å². The van der Waals surface area contributed by atoms with Gasteiger partial charge in [-0.05, 0) is 109 Å². The monoisotopic (exact) mass is 877 g/mol. The molecule has 0 aliphatic carbocycles. The summed E-state index contributed by atoms with van der Waals surface area (Å²) >= 11 is 0. The van der Waals surface area contributed by atoms with E-state index in [1.165, 1.54) is 64.2 Å². The summed E-state index contributed by atoms with van der Waals surface area (Å²) < 4.78 is 16.8. The molecule has 0 saturated carbocycles. The molecular formula is C57H96O6. The van der Waals surface area contributed by atoms with Crippen molar-refractivity contribution in [3.8, 4) is 0 Å². The third kappa shape index (κ3) is 49.5. The first kappa shape index (κ1) is 59.6. The quantitative estimate of drug-likeness (QED) is 0.0262. The van der Waals surface area contributed by atoms with E-state index in [1.807, 2.05) is 0 Å². The van der Waals surface area contributed by atoms with Gasteiger partial charge in [0, 0.05) is 19.3 Å². The fourth-order valence-electron chi connectivity index (χ4n) is 6.99. The van der Waals surface area contributed by atoms with E-state index >= 15 is 0 Å². The molecule has 360 valence electrons. The van der Waals surface area contributed by atoms with Crippen molar-refractivity contribution in [3.63, 3.8) is 0 Å². The number of carbonyl (C=O) groups excluding carboxylic acids is 3. The van der Waals surface area contributed by atoms with Gasteiger partial charge in [0.05, 0.1) is 0 Å². The molecule has 0 bridgehead atoms. The molecule has 0 rings (SSSR count). The molecule has 0 fully saturated rings. The maximum atomic E-state index is 12.8. The van der Waals surface area contributed by atoms with Gasteiger partial charge in [-0.2, -0.15) is 0 Å². The van der Waals surface area contributed by atoms with E-state index in [4.69, 9.17) is 14.2 Å². The summed E-state index contributed by atoms with van der Waals surface area (Å²) in [6.07, 6.45) is 65.6. The van der Waals surface area contributed by atoms with E-state index in [0.717, 1.165) is 135 Å². The number of hydrogen-bond donors (Lipinski definition) is 0. The number of esters is 3. The molecule has 1 unspecified atom stereocenters. The summed E-state index contributed by atoms with van der Waals surface area (Å²) in [6, 6.07) is 0. The molecule has 0 spiro atoms. The Morgan fingerprint density at radius 2 is 0.619 bits per heavy atom. The SMILES string of the molecule is CC/C=C\C/C=C\C/C=C\CCCCCCCCC(=O)OC(COC(=O)CCCCCCC/C=C\C/C=C\CC)COC(=O)CCCCCCCCC/C=C\C/C=C\CCCCC. The number of ether oxygens (including phenoxy) is 3. The molecule has 6 nitrogen and oxygen atoms in total. The minimum absolute atomic E-state index is 0.0913. The average Bonchev–Trinajstić information content (AvgIpc) is 3.28. The van der Waals surface area contributed by atoms with E-state index in [1.54, 1.807) is 0 Å².